The summed E-state index contributed by atoms with van der Waals surface area (Å²) in [5, 5.41) is 2.91. The molecule has 0 unspecified atom stereocenters. The third-order valence-electron chi connectivity index (χ3n) is 9.05. The molecule has 0 atom stereocenters. The second-order valence-electron chi connectivity index (χ2n) is 12.4. The van der Waals surface area contributed by atoms with Crippen molar-refractivity contribution < 1.29 is 23.8 Å². The van der Waals surface area contributed by atoms with Crippen molar-refractivity contribution in [2.75, 3.05) is 39.7 Å². The van der Waals surface area contributed by atoms with Crippen molar-refractivity contribution >= 4 is 29.7 Å². The van der Waals surface area contributed by atoms with Gasteiger partial charge >= 0.3 is 5.97 Å². The molecule has 0 bridgehead atoms. The average Bonchev–Trinajstić information content (AvgIpc) is 3.17. The van der Waals surface area contributed by atoms with Crippen LogP contribution in [0.2, 0.25) is 0 Å². The van der Waals surface area contributed by atoms with Gasteiger partial charge in [0.2, 0.25) is 0 Å². The van der Waals surface area contributed by atoms with Crippen LogP contribution in [0.4, 0.5) is 5.69 Å². The lowest BCUT2D eigenvalue weighted by atomic mass is 9.98. The lowest BCUT2D eigenvalue weighted by Crippen LogP contribution is -2.54. The van der Waals surface area contributed by atoms with E-state index in [0.717, 1.165) is 54.1 Å². The first kappa shape index (κ1) is 35.6. The lowest BCUT2D eigenvalue weighted by Gasteiger charge is -2.29. The summed E-state index contributed by atoms with van der Waals surface area (Å²) in [5.74, 6) is 0.497. The van der Waals surface area contributed by atoms with Crippen LogP contribution in [0.15, 0.2) is 101 Å². The number of H-pyrrole nitrogens is 1. The number of anilines is 1. The molecular weight excluding hydrogens is 660 g/mol. The number of aromatic amines is 1. The summed E-state index contributed by atoms with van der Waals surface area (Å²) < 4.78 is 16.8. The minimum absolute atomic E-state index is 0.0117. The van der Waals surface area contributed by atoms with Crippen molar-refractivity contribution in [1.82, 2.24) is 14.5 Å². The van der Waals surface area contributed by atoms with E-state index in [4.69, 9.17) is 14.2 Å². The number of methoxy groups -OCH3 is 3. The van der Waals surface area contributed by atoms with E-state index in [9.17, 15) is 19.2 Å². The molecule has 1 amide bonds. The monoisotopic (exact) mass is 700 g/mol. The second kappa shape index (κ2) is 16.2. The third-order valence-corrected chi connectivity index (χ3v) is 9.05. The van der Waals surface area contributed by atoms with E-state index in [2.05, 4.69) is 27.3 Å². The van der Waals surface area contributed by atoms with Crippen LogP contribution in [-0.4, -0.2) is 60.7 Å². The van der Waals surface area contributed by atoms with Gasteiger partial charge in [-0.2, -0.15) is 0 Å². The van der Waals surface area contributed by atoms with Crippen LogP contribution in [0.25, 0.3) is 12.2 Å². The summed E-state index contributed by atoms with van der Waals surface area (Å²) in [6.07, 6.45) is 4.83. The van der Waals surface area contributed by atoms with Gasteiger partial charge in [0, 0.05) is 30.9 Å². The van der Waals surface area contributed by atoms with E-state index in [0.29, 0.717) is 22.4 Å². The fourth-order valence-electron chi connectivity index (χ4n) is 6.23. The number of benzene rings is 4. The highest BCUT2D eigenvalue weighted by atomic mass is 16.5. The Hall–Kier alpha value is -6.20. The molecule has 0 saturated heterocycles. The number of carbonyl (C=O) groups is 2. The maximum absolute atomic E-state index is 13.5. The minimum Gasteiger partial charge on any atom is -0.493 e. The van der Waals surface area contributed by atoms with E-state index >= 15 is 0 Å². The van der Waals surface area contributed by atoms with Crippen molar-refractivity contribution in [2.45, 2.75) is 25.9 Å². The highest BCUT2D eigenvalue weighted by Gasteiger charge is 2.19. The first-order valence-electron chi connectivity index (χ1n) is 16.9. The largest absolute Gasteiger partial charge is 0.493 e. The maximum Gasteiger partial charge on any atom is 0.325 e. The van der Waals surface area contributed by atoms with Crippen LogP contribution in [0, 0.1) is 0 Å². The van der Waals surface area contributed by atoms with E-state index in [1.54, 1.807) is 62.8 Å². The van der Waals surface area contributed by atoms with Gasteiger partial charge in [-0.1, -0.05) is 54.6 Å². The summed E-state index contributed by atoms with van der Waals surface area (Å²) in [6, 6.07) is 27.6. The molecule has 2 heterocycles. The number of esters is 1. The molecule has 2 N–H and O–H groups in total. The molecule has 266 valence electrons. The van der Waals surface area contributed by atoms with Gasteiger partial charge in [-0.25, -0.2) is 0 Å². The molecule has 11 heteroatoms. The standard InChI is InChI=1S/C41H40N4O7/c1-50-36-23-30-17-19-44(25-32(30)24-37(36)51-2)18-16-27-12-14-33(15-13-27)42-39(47)31-11-7-10-29(20-31)21-34-41(49)45(26-38(46)52-3)35(40(48)43-34)22-28-8-5-4-6-9-28/h4-15,20-24H,16-19,25-26H2,1-3H3,(H,42,47)(H,43,48). The van der Waals surface area contributed by atoms with Gasteiger partial charge in [0.05, 0.1) is 21.3 Å². The zero-order chi connectivity index (χ0) is 36.6. The Morgan fingerprint density at radius 1 is 0.827 bits per heavy atom. The van der Waals surface area contributed by atoms with Crippen LogP contribution in [0.3, 0.4) is 0 Å². The number of fused-ring (bicyclic) bond motifs is 1. The SMILES string of the molecule is COC(=O)Cn1c(=O)c(=Cc2cccc(C(=O)Nc3ccc(CCN4CCc5cc(OC)c(OC)cc5C4)cc3)c2)[nH]c(=O)c1=Cc1ccccc1. The summed E-state index contributed by atoms with van der Waals surface area (Å²) in [7, 11) is 4.52. The molecule has 52 heavy (non-hydrogen) atoms. The zero-order valence-electron chi connectivity index (χ0n) is 29.3. The van der Waals surface area contributed by atoms with E-state index in [1.807, 2.05) is 30.3 Å². The first-order valence-corrected chi connectivity index (χ1v) is 16.9. The Bertz CT molecular complexity index is 2330. The van der Waals surface area contributed by atoms with Gasteiger partial charge in [-0.15, -0.1) is 0 Å². The highest BCUT2D eigenvalue weighted by Crippen LogP contribution is 2.33. The van der Waals surface area contributed by atoms with Crippen LogP contribution in [0.5, 0.6) is 11.5 Å². The van der Waals surface area contributed by atoms with E-state index in [1.165, 1.54) is 30.4 Å². The van der Waals surface area contributed by atoms with E-state index in [-0.39, 0.29) is 16.6 Å². The Balaban J connectivity index is 1.14. The predicted molar refractivity (Wildman–Crippen MR) is 199 cm³/mol. The van der Waals surface area contributed by atoms with Crippen molar-refractivity contribution in [3.63, 3.8) is 0 Å². The van der Waals surface area contributed by atoms with E-state index < -0.39 is 23.6 Å². The molecular formula is C41H40N4O7. The molecule has 5 aromatic rings. The van der Waals surface area contributed by atoms with Gasteiger partial charge < -0.3 is 24.5 Å². The molecule has 11 nitrogen and oxygen atoms in total. The maximum atomic E-state index is 13.5. The number of nitrogens with zero attached hydrogens (tertiary/aromatic N) is 2. The van der Waals surface area contributed by atoms with Gasteiger partial charge in [0.25, 0.3) is 17.0 Å². The molecule has 0 aliphatic carbocycles. The lowest BCUT2D eigenvalue weighted by molar-refractivity contribution is -0.141. The van der Waals surface area contributed by atoms with Crippen molar-refractivity contribution in [3.8, 4) is 11.5 Å². The topological polar surface area (TPSA) is 132 Å². The number of rotatable bonds is 11. The van der Waals surface area contributed by atoms with Gasteiger partial charge in [-0.3, -0.25) is 28.6 Å². The number of hydrogen-bond acceptors (Lipinski definition) is 8. The van der Waals surface area contributed by atoms with Crippen LogP contribution in [-0.2, 0) is 35.5 Å². The number of amides is 1. The normalized spacial score (nSPS) is 13.4. The Morgan fingerprint density at radius 2 is 1.54 bits per heavy atom. The molecule has 0 saturated carbocycles. The molecule has 4 aromatic carbocycles. The average molecular weight is 701 g/mol. The van der Waals surface area contributed by atoms with Crippen LogP contribution >= 0.6 is 0 Å². The smallest absolute Gasteiger partial charge is 0.325 e. The number of aromatic nitrogens is 2. The summed E-state index contributed by atoms with van der Waals surface area (Å²) >= 11 is 0. The Morgan fingerprint density at radius 3 is 2.25 bits per heavy atom. The fourth-order valence-corrected chi connectivity index (χ4v) is 6.23. The third kappa shape index (κ3) is 8.39. The van der Waals surface area contributed by atoms with Crippen LogP contribution < -0.4 is 36.6 Å². The second-order valence-corrected chi connectivity index (χ2v) is 12.4. The van der Waals surface area contributed by atoms with Crippen LogP contribution in [0.1, 0.15) is 38.2 Å². The predicted octanol–water partition coefficient (Wildman–Crippen LogP) is 3.24. The molecule has 6 rings (SSSR count). The molecule has 1 aromatic heterocycles. The van der Waals surface area contributed by atoms with Crippen molar-refractivity contribution in [1.29, 1.82) is 0 Å². The Kier molecular flexibility index (Phi) is 11.1. The minimum atomic E-state index is -0.677. The molecule has 0 fully saturated rings. The molecule has 0 radical (unpaired) electrons. The first-order chi connectivity index (χ1) is 25.2. The fraction of sp³-hybridized carbons (Fsp3) is 0.220. The van der Waals surface area contributed by atoms with Crippen molar-refractivity contribution in [2.24, 2.45) is 0 Å². The molecule has 1 aliphatic heterocycles. The zero-order valence-corrected chi connectivity index (χ0v) is 29.3. The molecule has 1 aliphatic rings. The summed E-state index contributed by atoms with van der Waals surface area (Å²) in [4.78, 5) is 57.3. The van der Waals surface area contributed by atoms with Gasteiger partial charge in [0.1, 0.15) is 17.2 Å². The number of ether oxygens (including phenoxy) is 3. The number of carbonyl (C=O) groups excluding carboxylic acids is 2. The molecule has 0 spiro atoms. The quantitative estimate of drug-likeness (QED) is 0.201. The van der Waals surface area contributed by atoms with Crippen molar-refractivity contribution in [3.05, 3.63) is 156 Å². The Labute approximate surface area is 300 Å². The highest BCUT2D eigenvalue weighted by molar-refractivity contribution is 6.04. The summed E-state index contributed by atoms with van der Waals surface area (Å²) in [5.41, 5.74) is 4.77. The number of nitrogens with one attached hydrogen (secondary N) is 2. The summed E-state index contributed by atoms with van der Waals surface area (Å²) in [6.45, 7) is 2.26. The van der Waals surface area contributed by atoms with Gasteiger partial charge in [0.15, 0.2) is 11.5 Å². The number of hydrogen-bond donors (Lipinski definition) is 2. The van der Waals surface area contributed by atoms with Gasteiger partial charge in [-0.05, 0) is 89.2 Å².